The van der Waals surface area contributed by atoms with E-state index in [4.69, 9.17) is 10.9 Å². The van der Waals surface area contributed by atoms with Crippen LogP contribution >= 0.6 is 11.8 Å². The first kappa shape index (κ1) is 21.6. The molecule has 0 fully saturated rings. The number of primary sulfonamides is 1. The van der Waals surface area contributed by atoms with Gasteiger partial charge in [0.1, 0.15) is 5.82 Å². The molecule has 0 saturated heterocycles. The minimum atomic E-state index is -3.81. The van der Waals surface area contributed by atoms with Crippen molar-refractivity contribution in [2.45, 2.75) is 17.0 Å². The Kier molecular flexibility index (Phi) is 6.25. The SMILES string of the molecule is Cc1cccc(-n2c(N)cc(=O)nc2SCC(=O)Nc2ccc(S(N)(=O)=O)cc2)c1. The Morgan fingerprint density at radius 3 is 2.50 bits per heavy atom. The molecule has 1 amide bonds. The molecule has 0 atom stereocenters. The molecule has 11 heteroatoms. The number of sulfonamides is 1. The maximum Gasteiger partial charge on any atom is 0.275 e. The summed E-state index contributed by atoms with van der Waals surface area (Å²) in [5.74, 6) is -0.198. The molecule has 0 spiro atoms. The van der Waals surface area contributed by atoms with E-state index in [-0.39, 0.29) is 27.5 Å². The predicted molar refractivity (Wildman–Crippen MR) is 116 cm³/mol. The van der Waals surface area contributed by atoms with Crippen molar-refractivity contribution in [2.75, 3.05) is 16.8 Å². The van der Waals surface area contributed by atoms with E-state index in [0.717, 1.165) is 23.0 Å². The molecule has 156 valence electrons. The van der Waals surface area contributed by atoms with E-state index in [0.29, 0.717) is 5.69 Å². The number of aryl methyl sites for hydroxylation is 1. The highest BCUT2D eigenvalue weighted by Gasteiger charge is 2.13. The van der Waals surface area contributed by atoms with Gasteiger partial charge in [-0.3, -0.25) is 14.2 Å². The number of rotatable bonds is 6. The number of aromatic nitrogens is 2. The zero-order valence-corrected chi connectivity index (χ0v) is 17.5. The second kappa shape index (κ2) is 8.69. The Bertz CT molecular complexity index is 1250. The Hall–Kier alpha value is -3.15. The summed E-state index contributed by atoms with van der Waals surface area (Å²) < 4.78 is 24.2. The van der Waals surface area contributed by atoms with Gasteiger partial charge in [0.15, 0.2) is 5.16 Å². The number of hydrogen-bond donors (Lipinski definition) is 3. The van der Waals surface area contributed by atoms with Gasteiger partial charge in [0, 0.05) is 17.4 Å². The highest BCUT2D eigenvalue weighted by atomic mass is 32.2. The van der Waals surface area contributed by atoms with Gasteiger partial charge >= 0.3 is 0 Å². The van der Waals surface area contributed by atoms with Crippen LogP contribution < -0.4 is 21.7 Å². The molecule has 0 aliphatic carbocycles. The third-order valence-electron chi connectivity index (χ3n) is 3.99. The number of nitrogens with two attached hydrogens (primary N) is 2. The number of nitrogens with one attached hydrogen (secondary N) is 1. The van der Waals surface area contributed by atoms with Gasteiger partial charge in [-0.05, 0) is 48.9 Å². The van der Waals surface area contributed by atoms with E-state index >= 15 is 0 Å². The molecule has 0 radical (unpaired) electrons. The van der Waals surface area contributed by atoms with Crippen molar-refractivity contribution in [1.82, 2.24) is 9.55 Å². The lowest BCUT2D eigenvalue weighted by Crippen LogP contribution is -2.19. The molecule has 2 aromatic carbocycles. The third-order valence-corrected chi connectivity index (χ3v) is 5.85. The van der Waals surface area contributed by atoms with Crippen LogP contribution in [0.4, 0.5) is 11.5 Å². The van der Waals surface area contributed by atoms with Crippen LogP contribution in [0.25, 0.3) is 5.69 Å². The highest BCUT2D eigenvalue weighted by molar-refractivity contribution is 7.99. The van der Waals surface area contributed by atoms with Gasteiger partial charge in [0.25, 0.3) is 5.56 Å². The predicted octanol–water partition coefficient (Wildman–Crippen LogP) is 1.50. The van der Waals surface area contributed by atoms with Gasteiger partial charge < -0.3 is 11.1 Å². The Balaban J connectivity index is 1.77. The van der Waals surface area contributed by atoms with Crippen LogP contribution in [0.1, 0.15) is 5.56 Å². The molecule has 0 aliphatic rings. The normalized spacial score (nSPS) is 11.3. The molecule has 9 nitrogen and oxygen atoms in total. The second-order valence-corrected chi connectivity index (χ2v) is 8.89. The molecule has 0 unspecified atom stereocenters. The smallest absolute Gasteiger partial charge is 0.275 e. The van der Waals surface area contributed by atoms with Gasteiger partial charge in [-0.1, -0.05) is 23.9 Å². The van der Waals surface area contributed by atoms with Gasteiger partial charge in [0.05, 0.1) is 10.6 Å². The number of benzene rings is 2. The van der Waals surface area contributed by atoms with Crippen LogP contribution in [0.3, 0.4) is 0 Å². The number of carbonyl (C=O) groups excluding carboxylic acids is 1. The summed E-state index contributed by atoms with van der Waals surface area (Å²) in [7, 11) is -3.81. The summed E-state index contributed by atoms with van der Waals surface area (Å²) in [6, 6.07) is 14.2. The number of nitrogens with zero attached hydrogens (tertiary/aromatic N) is 2. The molecule has 1 heterocycles. The monoisotopic (exact) mass is 445 g/mol. The fourth-order valence-corrected chi connectivity index (χ4v) is 4.00. The first-order valence-corrected chi connectivity index (χ1v) is 11.2. The highest BCUT2D eigenvalue weighted by Crippen LogP contribution is 2.23. The van der Waals surface area contributed by atoms with E-state index in [9.17, 15) is 18.0 Å². The van der Waals surface area contributed by atoms with Gasteiger partial charge in [-0.15, -0.1) is 0 Å². The largest absolute Gasteiger partial charge is 0.385 e. The lowest BCUT2D eigenvalue weighted by atomic mass is 10.2. The third kappa shape index (κ3) is 5.26. The van der Waals surface area contributed by atoms with Crippen molar-refractivity contribution in [2.24, 2.45) is 5.14 Å². The summed E-state index contributed by atoms with van der Waals surface area (Å²) >= 11 is 1.05. The molecule has 3 rings (SSSR count). The minimum Gasteiger partial charge on any atom is -0.385 e. The Morgan fingerprint density at radius 2 is 1.87 bits per heavy atom. The fourth-order valence-electron chi connectivity index (χ4n) is 2.66. The number of carbonyl (C=O) groups is 1. The van der Waals surface area contributed by atoms with E-state index in [1.54, 1.807) is 4.57 Å². The second-order valence-electron chi connectivity index (χ2n) is 6.38. The number of amides is 1. The van der Waals surface area contributed by atoms with E-state index in [2.05, 4.69) is 10.3 Å². The molecule has 0 bridgehead atoms. The quantitative estimate of drug-likeness (QED) is 0.384. The molecule has 5 N–H and O–H groups in total. The van der Waals surface area contributed by atoms with Crippen molar-refractivity contribution < 1.29 is 13.2 Å². The van der Waals surface area contributed by atoms with Crippen molar-refractivity contribution in [3.05, 3.63) is 70.5 Å². The van der Waals surface area contributed by atoms with Crippen molar-refractivity contribution >= 4 is 39.2 Å². The number of nitrogen functional groups attached to an aromatic ring is 1. The van der Waals surface area contributed by atoms with E-state index < -0.39 is 15.6 Å². The Morgan fingerprint density at radius 1 is 1.17 bits per heavy atom. The minimum absolute atomic E-state index is 0.0430. The van der Waals surface area contributed by atoms with Crippen molar-refractivity contribution in [3.63, 3.8) is 0 Å². The van der Waals surface area contributed by atoms with Crippen LogP contribution in [-0.4, -0.2) is 29.6 Å². The molecule has 1 aromatic heterocycles. The topological polar surface area (TPSA) is 150 Å². The standard InChI is InChI=1S/C19H19N5O4S2/c1-12-3-2-4-14(9-12)24-16(20)10-17(25)23-19(24)29-11-18(26)22-13-5-7-15(8-6-13)30(21,27)28/h2-10H,11,20H2,1H3,(H,22,26)(H2,21,27,28). The maximum absolute atomic E-state index is 12.3. The fraction of sp³-hybridized carbons (Fsp3) is 0.105. The van der Waals surface area contributed by atoms with E-state index in [1.807, 2.05) is 31.2 Å². The summed E-state index contributed by atoms with van der Waals surface area (Å²) in [6.07, 6.45) is 0. The van der Waals surface area contributed by atoms with Crippen LogP contribution in [0.2, 0.25) is 0 Å². The molecule has 30 heavy (non-hydrogen) atoms. The molecular formula is C19H19N5O4S2. The van der Waals surface area contributed by atoms with E-state index in [1.165, 1.54) is 30.3 Å². The molecular weight excluding hydrogens is 426 g/mol. The van der Waals surface area contributed by atoms with Crippen molar-refractivity contribution in [1.29, 1.82) is 0 Å². The van der Waals surface area contributed by atoms with Gasteiger partial charge in [-0.25, -0.2) is 13.6 Å². The van der Waals surface area contributed by atoms with Crippen LogP contribution in [-0.2, 0) is 14.8 Å². The zero-order chi connectivity index (χ0) is 21.9. The summed E-state index contributed by atoms with van der Waals surface area (Å²) in [6.45, 7) is 1.93. The van der Waals surface area contributed by atoms with Crippen LogP contribution in [0.15, 0.2) is 69.4 Å². The Labute approximate surface area is 177 Å². The molecule has 0 saturated carbocycles. The van der Waals surface area contributed by atoms with Crippen LogP contribution in [0, 0.1) is 6.92 Å². The van der Waals surface area contributed by atoms with Crippen molar-refractivity contribution in [3.8, 4) is 5.69 Å². The molecule has 0 aliphatic heterocycles. The lowest BCUT2D eigenvalue weighted by molar-refractivity contribution is -0.113. The maximum atomic E-state index is 12.3. The average molecular weight is 446 g/mol. The lowest BCUT2D eigenvalue weighted by Gasteiger charge is -2.15. The number of hydrogen-bond acceptors (Lipinski definition) is 7. The molecule has 3 aromatic rings. The average Bonchev–Trinajstić information content (AvgIpc) is 2.65. The first-order valence-electron chi connectivity index (χ1n) is 8.65. The summed E-state index contributed by atoms with van der Waals surface area (Å²) in [5.41, 5.74) is 7.66. The number of thioether (sulfide) groups is 1. The first-order chi connectivity index (χ1) is 14.1. The summed E-state index contributed by atoms with van der Waals surface area (Å²) in [5, 5.41) is 7.98. The van der Waals surface area contributed by atoms with Gasteiger partial charge in [0.2, 0.25) is 15.9 Å². The van der Waals surface area contributed by atoms with Gasteiger partial charge in [-0.2, -0.15) is 4.98 Å². The summed E-state index contributed by atoms with van der Waals surface area (Å²) in [4.78, 5) is 28.1. The zero-order valence-electron chi connectivity index (χ0n) is 15.9. The van der Waals surface area contributed by atoms with Crippen LogP contribution in [0.5, 0.6) is 0 Å². The number of anilines is 2.